The zero-order chi connectivity index (χ0) is 14.8. The fraction of sp³-hybridized carbons (Fsp3) is 0.500. The molecule has 1 saturated carbocycles. The number of hydrogen-bond donors (Lipinski definition) is 0. The van der Waals surface area contributed by atoms with Crippen LogP contribution >= 0.6 is 15.9 Å². The zero-order valence-electron chi connectivity index (χ0n) is 11.3. The average molecular weight is 357 g/mol. The lowest BCUT2D eigenvalue weighted by atomic mass is 9.83. The SMILES string of the molecule is CN(C1(C#N)CCCCC1)S(=O)(=O)c1ccccc1Br. The molecular weight excluding hydrogens is 340 g/mol. The normalized spacial score (nSPS) is 18.7. The molecule has 20 heavy (non-hydrogen) atoms. The Labute approximate surface area is 128 Å². The molecule has 1 aliphatic rings. The second kappa shape index (κ2) is 5.84. The van der Waals surface area contributed by atoms with Gasteiger partial charge in [0.05, 0.1) is 11.0 Å². The second-order valence-electron chi connectivity index (χ2n) is 5.11. The number of hydrogen-bond acceptors (Lipinski definition) is 3. The van der Waals surface area contributed by atoms with E-state index >= 15 is 0 Å². The summed E-state index contributed by atoms with van der Waals surface area (Å²) in [6.45, 7) is 0. The van der Waals surface area contributed by atoms with Crippen LogP contribution in [0.25, 0.3) is 0 Å². The van der Waals surface area contributed by atoms with E-state index in [1.165, 1.54) is 11.4 Å². The quantitative estimate of drug-likeness (QED) is 0.834. The molecule has 6 heteroatoms. The van der Waals surface area contributed by atoms with Crippen LogP contribution < -0.4 is 0 Å². The van der Waals surface area contributed by atoms with Gasteiger partial charge >= 0.3 is 0 Å². The molecule has 4 nitrogen and oxygen atoms in total. The number of benzene rings is 1. The van der Waals surface area contributed by atoms with Crippen molar-refractivity contribution in [2.45, 2.75) is 42.5 Å². The third-order valence-electron chi connectivity index (χ3n) is 3.97. The molecule has 0 aliphatic heterocycles. The van der Waals surface area contributed by atoms with Crippen molar-refractivity contribution in [1.29, 1.82) is 5.26 Å². The standard InChI is InChI=1S/C14H17BrN2O2S/c1-17(14(11-16)9-5-2-6-10-14)20(18,19)13-8-4-3-7-12(13)15/h3-4,7-8H,2,5-6,9-10H2,1H3. The summed E-state index contributed by atoms with van der Waals surface area (Å²) in [5, 5.41) is 9.52. The van der Waals surface area contributed by atoms with Gasteiger partial charge in [0.1, 0.15) is 5.54 Å². The maximum absolute atomic E-state index is 12.8. The van der Waals surface area contributed by atoms with Crippen LogP contribution in [0.2, 0.25) is 0 Å². The number of nitriles is 1. The summed E-state index contributed by atoms with van der Waals surface area (Å²) in [6.07, 6.45) is 4.05. The van der Waals surface area contributed by atoms with Crippen molar-refractivity contribution in [2.75, 3.05) is 7.05 Å². The molecule has 0 bridgehead atoms. The van der Waals surface area contributed by atoms with Crippen molar-refractivity contribution in [1.82, 2.24) is 4.31 Å². The monoisotopic (exact) mass is 356 g/mol. The van der Waals surface area contributed by atoms with Crippen molar-refractivity contribution >= 4 is 26.0 Å². The van der Waals surface area contributed by atoms with Crippen LogP contribution in [-0.4, -0.2) is 25.3 Å². The number of sulfonamides is 1. The van der Waals surface area contributed by atoms with Gasteiger partial charge in [0.25, 0.3) is 0 Å². The van der Waals surface area contributed by atoms with Crippen molar-refractivity contribution in [3.63, 3.8) is 0 Å². The summed E-state index contributed by atoms with van der Waals surface area (Å²) in [5.74, 6) is 0. The van der Waals surface area contributed by atoms with Crippen LogP contribution in [0.15, 0.2) is 33.6 Å². The third-order valence-corrected chi connectivity index (χ3v) is 6.90. The Kier molecular flexibility index (Phi) is 4.52. The van der Waals surface area contributed by atoms with Gasteiger partial charge in [0.15, 0.2) is 0 Å². The van der Waals surface area contributed by atoms with Gasteiger partial charge in [-0.3, -0.25) is 0 Å². The van der Waals surface area contributed by atoms with Gasteiger partial charge in [-0.1, -0.05) is 31.4 Å². The third kappa shape index (κ3) is 2.62. The van der Waals surface area contributed by atoms with Crippen molar-refractivity contribution in [3.8, 4) is 6.07 Å². The highest BCUT2D eigenvalue weighted by Gasteiger charge is 2.43. The zero-order valence-corrected chi connectivity index (χ0v) is 13.7. The van der Waals surface area contributed by atoms with Crippen LogP contribution in [0, 0.1) is 11.3 Å². The highest BCUT2D eigenvalue weighted by molar-refractivity contribution is 9.10. The Balaban J connectivity index is 2.44. The van der Waals surface area contributed by atoms with E-state index in [0.29, 0.717) is 17.3 Å². The lowest BCUT2D eigenvalue weighted by Gasteiger charge is -2.38. The van der Waals surface area contributed by atoms with E-state index in [1.54, 1.807) is 24.3 Å². The van der Waals surface area contributed by atoms with E-state index in [9.17, 15) is 13.7 Å². The van der Waals surface area contributed by atoms with Crippen molar-refractivity contribution < 1.29 is 8.42 Å². The van der Waals surface area contributed by atoms with Gasteiger partial charge in [0, 0.05) is 11.5 Å². The predicted octanol–water partition coefficient (Wildman–Crippen LogP) is 3.30. The minimum atomic E-state index is -3.68. The summed E-state index contributed by atoms with van der Waals surface area (Å²) in [5.41, 5.74) is -0.910. The van der Waals surface area contributed by atoms with Gasteiger partial charge in [0.2, 0.25) is 10.0 Å². The Bertz CT molecular complexity index is 631. The maximum Gasteiger partial charge on any atom is 0.245 e. The molecular formula is C14H17BrN2O2S. The first-order valence-corrected chi connectivity index (χ1v) is 8.82. The van der Waals surface area contributed by atoms with Gasteiger partial charge in [-0.05, 0) is 40.9 Å². The van der Waals surface area contributed by atoms with E-state index < -0.39 is 15.6 Å². The Hall–Kier alpha value is -0.900. The molecule has 0 heterocycles. The molecule has 1 aromatic carbocycles. The fourth-order valence-electron chi connectivity index (χ4n) is 2.67. The van der Waals surface area contributed by atoms with Crippen LogP contribution in [0.1, 0.15) is 32.1 Å². The molecule has 0 aromatic heterocycles. The molecule has 0 N–H and O–H groups in total. The summed E-state index contributed by atoms with van der Waals surface area (Å²) in [4.78, 5) is 0.211. The Morgan fingerprint density at radius 3 is 2.40 bits per heavy atom. The van der Waals surface area contributed by atoms with Gasteiger partial charge < -0.3 is 0 Å². The number of rotatable bonds is 3. The lowest BCUT2D eigenvalue weighted by molar-refractivity contribution is 0.212. The molecule has 0 amide bonds. The molecule has 1 aromatic rings. The molecule has 1 fully saturated rings. The lowest BCUT2D eigenvalue weighted by Crippen LogP contribution is -2.49. The summed E-state index contributed by atoms with van der Waals surface area (Å²) in [7, 11) is -2.16. The maximum atomic E-state index is 12.8. The molecule has 2 rings (SSSR count). The minimum Gasteiger partial charge on any atom is -0.207 e. The molecule has 0 radical (unpaired) electrons. The fourth-order valence-corrected chi connectivity index (χ4v) is 5.11. The second-order valence-corrected chi connectivity index (χ2v) is 7.90. The Morgan fingerprint density at radius 2 is 1.85 bits per heavy atom. The molecule has 0 saturated heterocycles. The summed E-state index contributed by atoms with van der Waals surface area (Å²) >= 11 is 3.28. The first-order valence-electron chi connectivity index (χ1n) is 6.59. The molecule has 0 unspecified atom stereocenters. The van der Waals surface area contributed by atoms with Crippen LogP contribution in [0.5, 0.6) is 0 Å². The van der Waals surface area contributed by atoms with Crippen LogP contribution in [0.4, 0.5) is 0 Å². The number of nitrogens with zero attached hydrogens (tertiary/aromatic N) is 2. The van der Waals surface area contributed by atoms with Crippen molar-refractivity contribution in [2.24, 2.45) is 0 Å². The molecule has 108 valence electrons. The van der Waals surface area contributed by atoms with E-state index in [1.807, 2.05) is 0 Å². The first-order chi connectivity index (χ1) is 9.44. The van der Waals surface area contributed by atoms with E-state index in [0.717, 1.165) is 19.3 Å². The highest BCUT2D eigenvalue weighted by Crippen LogP contribution is 2.36. The smallest absolute Gasteiger partial charge is 0.207 e. The topological polar surface area (TPSA) is 61.2 Å². The number of halogens is 1. The summed E-state index contributed by atoms with van der Waals surface area (Å²) < 4.78 is 27.3. The highest BCUT2D eigenvalue weighted by atomic mass is 79.9. The predicted molar refractivity (Wildman–Crippen MR) is 80.5 cm³/mol. The van der Waals surface area contributed by atoms with Gasteiger partial charge in [-0.2, -0.15) is 9.57 Å². The molecule has 0 atom stereocenters. The average Bonchev–Trinajstić information content (AvgIpc) is 2.47. The molecule has 0 spiro atoms. The van der Waals surface area contributed by atoms with E-state index in [4.69, 9.17) is 0 Å². The van der Waals surface area contributed by atoms with Gasteiger partial charge in [-0.25, -0.2) is 8.42 Å². The largest absolute Gasteiger partial charge is 0.245 e. The molecule has 1 aliphatic carbocycles. The summed E-state index contributed by atoms with van der Waals surface area (Å²) in [6, 6.07) is 8.95. The Morgan fingerprint density at radius 1 is 1.25 bits per heavy atom. The van der Waals surface area contributed by atoms with E-state index in [2.05, 4.69) is 22.0 Å². The van der Waals surface area contributed by atoms with Crippen LogP contribution in [0.3, 0.4) is 0 Å². The van der Waals surface area contributed by atoms with Crippen molar-refractivity contribution in [3.05, 3.63) is 28.7 Å². The van der Waals surface area contributed by atoms with Gasteiger partial charge in [-0.15, -0.1) is 0 Å². The van der Waals surface area contributed by atoms with Crippen LogP contribution in [-0.2, 0) is 10.0 Å². The van der Waals surface area contributed by atoms with E-state index in [-0.39, 0.29) is 4.90 Å². The first kappa shape index (κ1) is 15.5. The minimum absolute atomic E-state index is 0.211.